The molecule has 1 aromatic heterocycles. The van der Waals surface area contributed by atoms with Gasteiger partial charge in [0.15, 0.2) is 0 Å². The van der Waals surface area contributed by atoms with Crippen molar-refractivity contribution >= 4 is 18.0 Å². The van der Waals surface area contributed by atoms with Crippen LogP contribution in [0.4, 0.5) is 5.69 Å². The zero-order valence-corrected chi connectivity index (χ0v) is 14.5. The van der Waals surface area contributed by atoms with Gasteiger partial charge in [0.05, 0.1) is 23.8 Å². The van der Waals surface area contributed by atoms with Crippen LogP contribution in [0.5, 0.6) is 0 Å². The van der Waals surface area contributed by atoms with Crippen LogP contribution in [0.25, 0.3) is 0 Å². The fourth-order valence-electron chi connectivity index (χ4n) is 2.04. The monoisotopic (exact) mass is 326 g/mol. The summed E-state index contributed by atoms with van der Waals surface area (Å²) in [6, 6.07) is 5.36. The normalized spacial score (nSPS) is 10.8. The molecule has 0 saturated carbocycles. The van der Waals surface area contributed by atoms with Crippen molar-refractivity contribution in [3.05, 3.63) is 52.8 Å². The lowest BCUT2D eigenvalue weighted by molar-refractivity contribution is 0.0471. The molecule has 126 valence electrons. The third-order valence-electron chi connectivity index (χ3n) is 3.89. The summed E-state index contributed by atoms with van der Waals surface area (Å²) in [4.78, 5) is 18.8. The second-order valence-electron chi connectivity index (χ2n) is 5.53. The number of nitrogens with zero attached hydrogens (tertiary/aromatic N) is 4. The highest BCUT2D eigenvalue weighted by molar-refractivity contribution is 5.92. The summed E-state index contributed by atoms with van der Waals surface area (Å²) in [5.74, 6) is -0.353. The highest BCUT2D eigenvalue weighted by Crippen LogP contribution is 2.25. The predicted octanol–water partition coefficient (Wildman–Crippen LogP) is 3.06. The van der Waals surface area contributed by atoms with E-state index in [-0.39, 0.29) is 12.6 Å². The summed E-state index contributed by atoms with van der Waals surface area (Å²) < 4.78 is 5.35. The maximum Gasteiger partial charge on any atom is 0.338 e. The highest BCUT2D eigenvalue weighted by atomic mass is 16.5. The number of carbonyl (C=O) groups excluding carboxylic acids is 1. The molecule has 6 nitrogen and oxygen atoms in total. The van der Waals surface area contributed by atoms with E-state index < -0.39 is 0 Å². The summed E-state index contributed by atoms with van der Waals surface area (Å²) in [7, 11) is 1.96. The Morgan fingerprint density at radius 3 is 2.71 bits per heavy atom. The van der Waals surface area contributed by atoms with Gasteiger partial charge in [-0.2, -0.15) is 10.2 Å². The molecule has 0 radical (unpaired) electrons. The topological polar surface area (TPSA) is 67.7 Å². The first-order valence-corrected chi connectivity index (χ1v) is 7.80. The highest BCUT2D eigenvalue weighted by Gasteiger charge is 2.14. The van der Waals surface area contributed by atoms with Crippen LogP contribution in [0.3, 0.4) is 0 Å². The van der Waals surface area contributed by atoms with Crippen molar-refractivity contribution in [3.8, 4) is 0 Å². The van der Waals surface area contributed by atoms with Gasteiger partial charge in [-0.3, -0.25) is 0 Å². The molecule has 0 unspecified atom stereocenters. The number of hydrogen-bond donors (Lipinski definition) is 0. The number of benzene rings is 1. The lowest BCUT2D eigenvalue weighted by atomic mass is 10.0. The van der Waals surface area contributed by atoms with Crippen molar-refractivity contribution in [3.63, 3.8) is 0 Å². The molecule has 0 amide bonds. The van der Waals surface area contributed by atoms with Crippen molar-refractivity contribution < 1.29 is 9.53 Å². The zero-order chi connectivity index (χ0) is 17.5. The van der Waals surface area contributed by atoms with Gasteiger partial charge >= 0.3 is 5.97 Å². The minimum atomic E-state index is -0.353. The summed E-state index contributed by atoms with van der Waals surface area (Å²) in [6.45, 7) is 6.98. The van der Waals surface area contributed by atoms with Crippen LogP contribution in [-0.2, 0) is 11.3 Å². The molecule has 0 atom stereocenters. The average Bonchev–Trinajstić information content (AvgIpc) is 2.61. The van der Waals surface area contributed by atoms with Crippen LogP contribution in [0, 0.1) is 13.8 Å². The van der Waals surface area contributed by atoms with Crippen LogP contribution >= 0.6 is 0 Å². The number of aromatic nitrogens is 2. The first-order valence-electron chi connectivity index (χ1n) is 7.80. The molecule has 2 aromatic rings. The molecule has 0 fully saturated rings. The number of carbonyl (C=O) groups is 1. The van der Waals surface area contributed by atoms with E-state index in [2.05, 4.69) is 22.1 Å². The van der Waals surface area contributed by atoms with Gasteiger partial charge in [0.1, 0.15) is 6.61 Å². The molecule has 0 saturated heterocycles. The van der Waals surface area contributed by atoms with E-state index in [1.165, 1.54) is 0 Å². The van der Waals surface area contributed by atoms with Gasteiger partial charge in [-0.05, 0) is 50.1 Å². The molecule has 6 heteroatoms. The smallest absolute Gasteiger partial charge is 0.338 e. The van der Waals surface area contributed by atoms with E-state index in [0.717, 1.165) is 28.9 Å². The molecule has 2 rings (SSSR count). The average molecular weight is 326 g/mol. The second kappa shape index (κ2) is 8.19. The Kier molecular flexibility index (Phi) is 6.01. The molecule has 0 N–H and O–H groups in total. The fourth-order valence-corrected chi connectivity index (χ4v) is 2.04. The van der Waals surface area contributed by atoms with Crippen molar-refractivity contribution in [2.24, 2.45) is 4.99 Å². The van der Waals surface area contributed by atoms with Gasteiger partial charge < -0.3 is 9.64 Å². The van der Waals surface area contributed by atoms with Gasteiger partial charge in [-0.15, -0.1) is 0 Å². The third-order valence-corrected chi connectivity index (χ3v) is 3.89. The van der Waals surface area contributed by atoms with Crippen molar-refractivity contribution in [2.75, 3.05) is 13.6 Å². The van der Waals surface area contributed by atoms with Gasteiger partial charge in [0, 0.05) is 25.4 Å². The quantitative estimate of drug-likeness (QED) is 0.464. The van der Waals surface area contributed by atoms with Crippen LogP contribution in [0.2, 0.25) is 0 Å². The van der Waals surface area contributed by atoms with Gasteiger partial charge in [0.25, 0.3) is 0 Å². The number of aliphatic imine (C=N–C) groups is 1. The Bertz CT molecular complexity index is 729. The summed E-state index contributed by atoms with van der Waals surface area (Å²) in [5.41, 5.74) is 4.05. The number of ether oxygens (including phenoxy) is 1. The van der Waals surface area contributed by atoms with Crippen LogP contribution in [-0.4, -0.2) is 41.0 Å². The Balaban J connectivity index is 2.12. The number of rotatable bonds is 6. The number of esters is 1. The van der Waals surface area contributed by atoms with Crippen molar-refractivity contribution in [1.29, 1.82) is 0 Å². The molecule has 0 bridgehead atoms. The molecule has 0 aliphatic carbocycles. The SMILES string of the molecule is CCN(C)C=Nc1ccc(C(=O)OCc2ccnnc2)c(C)c1C. The maximum absolute atomic E-state index is 12.3. The molecule has 0 aliphatic rings. The largest absolute Gasteiger partial charge is 0.457 e. The summed E-state index contributed by atoms with van der Waals surface area (Å²) in [5, 5.41) is 7.45. The minimum Gasteiger partial charge on any atom is -0.457 e. The minimum absolute atomic E-state index is 0.175. The second-order valence-corrected chi connectivity index (χ2v) is 5.53. The maximum atomic E-state index is 12.3. The molecule has 24 heavy (non-hydrogen) atoms. The molecule has 0 spiro atoms. The summed E-state index contributed by atoms with van der Waals surface area (Å²) in [6.07, 6.45) is 4.93. The zero-order valence-electron chi connectivity index (χ0n) is 14.5. The first kappa shape index (κ1) is 17.6. The molecule has 0 aliphatic heterocycles. The third kappa shape index (κ3) is 4.38. The number of hydrogen-bond acceptors (Lipinski definition) is 5. The first-order chi connectivity index (χ1) is 11.5. The van der Waals surface area contributed by atoms with Crippen LogP contribution < -0.4 is 0 Å². The van der Waals surface area contributed by atoms with E-state index in [1.54, 1.807) is 30.9 Å². The molecule has 1 aromatic carbocycles. The van der Waals surface area contributed by atoms with Crippen molar-refractivity contribution in [2.45, 2.75) is 27.4 Å². The van der Waals surface area contributed by atoms with Crippen LogP contribution in [0.1, 0.15) is 34.0 Å². The molecular formula is C18H22N4O2. The van der Waals surface area contributed by atoms with E-state index in [4.69, 9.17) is 4.74 Å². The van der Waals surface area contributed by atoms with Gasteiger partial charge in [-0.1, -0.05) is 0 Å². The Morgan fingerprint density at radius 1 is 1.25 bits per heavy atom. The van der Waals surface area contributed by atoms with Gasteiger partial charge in [-0.25, -0.2) is 9.79 Å². The molecular weight excluding hydrogens is 304 g/mol. The summed E-state index contributed by atoms with van der Waals surface area (Å²) >= 11 is 0. The lowest BCUT2D eigenvalue weighted by Crippen LogP contribution is -2.14. The van der Waals surface area contributed by atoms with E-state index in [9.17, 15) is 4.79 Å². The predicted molar refractivity (Wildman–Crippen MR) is 93.5 cm³/mol. The molecule has 1 heterocycles. The van der Waals surface area contributed by atoms with Crippen molar-refractivity contribution in [1.82, 2.24) is 15.1 Å². The Morgan fingerprint density at radius 2 is 2.04 bits per heavy atom. The Labute approximate surface area is 142 Å². The fraction of sp³-hybridized carbons (Fsp3) is 0.333. The van der Waals surface area contributed by atoms with Crippen LogP contribution in [0.15, 0.2) is 35.6 Å². The van der Waals surface area contributed by atoms with E-state index in [1.807, 2.05) is 31.9 Å². The van der Waals surface area contributed by atoms with E-state index >= 15 is 0 Å². The van der Waals surface area contributed by atoms with Gasteiger partial charge in [0.2, 0.25) is 0 Å². The lowest BCUT2D eigenvalue weighted by Gasteiger charge is -2.12. The van der Waals surface area contributed by atoms with E-state index in [0.29, 0.717) is 5.56 Å². The standard InChI is InChI=1S/C18H22N4O2/c1-5-22(4)12-19-17-7-6-16(13(2)14(17)3)18(23)24-11-15-8-9-20-21-10-15/h6-10,12H,5,11H2,1-4H3. The Hall–Kier alpha value is -2.76.